The quantitative estimate of drug-likeness (QED) is 0.796. The fourth-order valence-corrected chi connectivity index (χ4v) is 2.29. The number of carboxylic acids is 1. The SMILES string of the molecule is COC(CNC(=O)C1(Cc2ccccc2F)CC1)C(=O)O. The summed E-state index contributed by atoms with van der Waals surface area (Å²) in [5.74, 6) is -1.69. The van der Waals surface area contributed by atoms with Gasteiger partial charge in [0.15, 0.2) is 6.10 Å². The summed E-state index contributed by atoms with van der Waals surface area (Å²) >= 11 is 0. The van der Waals surface area contributed by atoms with Crippen molar-refractivity contribution in [2.75, 3.05) is 13.7 Å². The van der Waals surface area contributed by atoms with Crippen LogP contribution in [-0.4, -0.2) is 36.7 Å². The molecule has 0 bridgehead atoms. The van der Waals surface area contributed by atoms with E-state index in [1.54, 1.807) is 18.2 Å². The van der Waals surface area contributed by atoms with E-state index in [0.29, 0.717) is 24.8 Å². The van der Waals surface area contributed by atoms with Gasteiger partial charge in [-0.15, -0.1) is 0 Å². The van der Waals surface area contributed by atoms with Gasteiger partial charge < -0.3 is 15.2 Å². The van der Waals surface area contributed by atoms with Crippen LogP contribution in [0.25, 0.3) is 0 Å². The predicted octanol–water partition coefficient (Wildman–Crippen LogP) is 1.36. The number of rotatable bonds is 7. The zero-order chi connectivity index (χ0) is 15.5. The van der Waals surface area contributed by atoms with Crippen LogP contribution in [0.5, 0.6) is 0 Å². The van der Waals surface area contributed by atoms with Gasteiger partial charge in [-0.05, 0) is 30.9 Å². The lowest BCUT2D eigenvalue weighted by Gasteiger charge is -2.17. The van der Waals surface area contributed by atoms with E-state index in [4.69, 9.17) is 9.84 Å². The molecule has 0 aliphatic heterocycles. The number of hydrogen-bond donors (Lipinski definition) is 2. The van der Waals surface area contributed by atoms with Crippen molar-refractivity contribution >= 4 is 11.9 Å². The van der Waals surface area contributed by atoms with Gasteiger partial charge in [-0.1, -0.05) is 18.2 Å². The lowest BCUT2D eigenvalue weighted by molar-refractivity contribution is -0.148. The molecule has 21 heavy (non-hydrogen) atoms. The number of ether oxygens (including phenoxy) is 1. The molecule has 2 rings (SSSR count). The summed E-state index contributed by atoms with van der Waals surface area (Å²) in [5.41, 5.74) is -0.106. The van der Waals surface area contributed by atoms with Gasteiger partial charge in [0.05, 0.1) is 12.0 Å². The van der Waals surface area contributed by atoms with Crippen molar-refractivity contribution in [1.29, 1.82) is 0 Å². The van der Waals surface area contributed by atoms with Crippen molar-refractivity contribution in [3.63, 3.8) is 0 Å². The number of carbonyl (C=O) groups excluding carboxylic acids is 1. The molecule has 1 amide bonds. The molecule has 0 spiro atoms. The highest BCUT2D eigenvalue weighted by Gasteiger charge is 2.50. The van der Waals surface area contributed by atoms with Crippen molar-refractivity contribution in [2.45, 2.75) is 25.4 Å². The van der Waals surface area contributed by atoms with E-state index in [1.165, 1.54) is 13.2 Å². The van der Waals surface area contributed by atoms with Crippen molar-refractivity contribution in [2.24, 2.45) is 5.41 Å². The molecule has 2 N–H and O–H groups in total. The Morgan fingerprint density at radius 2 is 2.10 bits per heavy atom. The molecule has 1 aromatic carbocycles. The number of halogens is 1. The van der Waals surface area contributed by atoms with Gasteiger partial charge in [0.25, 0.3) is 0 Å². The Labute approximate surface area is 122 Å². The van der Waals surface area contributed by atoms with Gasteiger partial charge in [0, 0.05) is 7.11 Å². The van der Waals surface area contributed by atoms with Crippen LogP contribution < -0.4 is 5.32 Å². The Balaban J connectivity index is 1.96. The van der Waals surface area contributed by atoms with E-state index in [9.17, 15) is 14.0 Å². The fraction of sp³-hybridized carbons (Fsp3) is 0.467. The third kappa shape index (κ3) is 3.58. The standard InChI is InChI=1S/C15H18FNO4/c1-21-12(13(18)19)9-17-14(20)15(6-7-15)8-10-4-2-3-5-11(10)16/h2-5,12H,6-9H2,1H3,(H,17,20)(H,18,19). The Kier molecular flexibility index (Phi) is 4.57. The highest BCUT2D eigenvalue weighted by atomic mass is 19.1. The summed E-state index contributed by atoms with van der Waals surface area (Å²) in [6, 6.07) is 6.37. The van der Waals surface area contributed by atoms with E-state index in [2.05, 4.69) is 5.32 Å². The van der Waals surface area contributed by atoms with Crippen molar-refractivity contribution in [1.82, 2.24) is 5.32 Å². The summed E-state index contributed by atoms with van der Waals surface area (Å²) in [4.78, 5) is 23.0. The van der Waals surface area contributed by atoms with Crippen LogP contribution in [0, 0.1) is 11.2 Å². The third-order valence-electron chi connectivity index (χ3n) is 3.83. The second kappa shape index (κ2) is 6.22. The number of amides is 1. The average Bonchev–Trinajstić information content (AvgIpc) is 3.22. The first-order chi connectivity index (χ1) is 9.98. The van der Waals surface area contributed by atoms with Crippen LogP contribution in [0.1, 0.15) is 18.4 Å². The van der Waals surface area contributed by atoms with E-state index in [-0.39, 0.29) is 18.3 Å². The summed E-state index contributed by atoms with van der Waals surface area (Å²) in [6.45, 7) is -0.0936. The van der Waals surface area contributed by atoms with E-state index >= 15 is 0 Å². The largest absolute Gasteiger partial charge is 0.479 e. The molecule has 0 heterocycles. The molecular formula is C15H18FNO4. The number of carboxylic acid groups (broad SMARTS) is 1. The van der Waals surface area contributed by atoms with Gasteiger partial charge in [-0.2, -0.15) is 0 Å². The van der Waals surface area contributed by atoms with Crippen molar-refractivity contribution in [3.8, 4) is 0 Å². The van der Waals surface area contributed by atoms with Gasteiger partial charge >= 0.3 is 5.97 Å². The minimum Gasteiger partial charge on any atom is -0.479 e. The minimum atomic E-state index is -1.13. The Bertz CT molecular complexity index is 542. The molecule has 6 heteroatoms. The second-order valence-electron chi connectivity index (χ2n) is 5.32. The smallest absolute Gasteiger partial charge is 0.334 e. The second-order valence-corrected chi connectivity index (χ2v) is 5.32. The molecule has 0 saturated heterocycles. The molecule has 5 nitrogen and oxygen atoms in total. The fourth-order valence-electron chi connectivity index (χ4n) is 2.29. The number of benzene rings is 1. The molecule has 1 aromatic rings. The maximum absolute atomic E-state index is 13.7. The molecule has 1 aliphatic rings. The molecule has 0 aromatic heterocycles. The number of nitrogens with one attached hydrogen (secondary N) is 1. The molecule has 114 valence electrons. The van der Waals surface area contributed by atoms with Crippen LogP contribution in [0.15, 0.2) is 24.3 Å². The third-order valence-corrected chi connectivity index (χ3v) is 3.83. The topological polar surface area (TPSA) is 75.6 Å². The lowest BCUT2D eigenvalue weighted by Crippen LogP contribution is -2.41. The summed E-state index contributed by atoms with van der Waals surface area (Å²) in [6.07, 6.45) is 0.615. The Morgan fingerprint density at radius 1 is 1.43 bits per heavy atom. The maximum atomic E-state index is 13.7. The first-order valence-corrected chi connectivity index (χ1v) is 6.76. The molecule has 1 aliphatic carbocycles. The van der Waals surface area contributed by atoms with Crippen molar-refractivity contribution < 1.29 is 23.8 Å². The minimum absolute atomic E-state index is 0.0936. The molecule has 1 saturated carbocycles. The number of hydrogen-bond acceptors (Lipinski definition) is 3. The van der Waals surface area contributed by atoms with Crippen LogP contribution >= 0.6 is 0 Å². The average molecular weight is 295 g/mol. The zero-order valence-corrected chi connectivity index (χ0v) is 11.8. The van der Waals surface area contributed by atoms with Crippen molar-refractivity contribution in [3.05, 3.63) is 35.6 Å². The summed E-state index contributed by atoms with van der Waals surface area (Å²) in [7, 11) is 1.27. The molecule has 1 unspecified atom stereocenters. The Morgan fingerprint density at radius 3 is 2.62 bits per heavy atom. The molecule has 0 radical (unpaired) electrons. The summed E-state index contributed by atoms with van der Waals surface area (Å²) in [5, 5.41) is 11.4. The normalized spacial score (nSPS) is 17.0. The predicted molar refractivity (Wildman–Crippen MR) is 73.2 cm³/mol. The Hall–Kier alpha value is -1.95. The zero-order valence-electron chi connectivity index (χ0n) is 11.8. The van der Waals surface area contributed by atoms with Crippen LogP contribution in [0.4, 0.5) is 4.39 Å². The maximum Gasteiger partial charge on any atom is 0.334 e. The monoisotopic (exact) mass is 295 g/mol. The lowest BCUT2D eigenvalue weighted by atomic mass is 9.95. The van der Waals surface area contributed by atoms with E-state index in [1.807, 2.05) is 0 Å². The van der Waals surface area contributed by atoms with Gasteiger partial charge in [-0.3, -0.25) is 4.79 Å². The number of methoxy groups -OCH3 is 1. The number of carbonyl (C=O) groups is 2. The van der Waals surface area contributed by atoms with Gasteiger partial charge in [0.2, 0.25) is 5.91 Å². The first kappa shape index (κ1) is 15.4. The molecule has 1 fully saturated rings. The summed E-state index contributed by atoms with van der Waals surface area (Å²) < 4.78 is 18.4. The highest BCUT2D eigenvalue weighted by molar-refractivity contribution is 5.86. The van der Waals surface area contributed by atoms with Crippen LogP contribution in [-0.2, 0) is 20.7 Å². The molecule has 1 atom stereocenters. The molecular weight excluding hydrogens is 277 g/mol. The van der Waals surface area contributed by atoms with E-state index in [0.717, 1.165) is 0 Å². The first-order valence-electron chi connectivity index (χ1n) is 6.76. The van der Waals surface area contributed by atoms with Crippen LogP contribution in [0.2, 0.25) is 0 Å². The van der Waals surface area contributed by atoms with Gasteiger partial charge in [-0.25, -0.2) is 9.18 Å². The number of aliphatic carboxylic acids is 1. The van der Waals surface area contributed by atoms with Gasteiger partial charge in [0.1, 0.15) is 5.82 Å². The highest BCUT2D eigenvalue weighted by Crippen LogP contribution is 2.48. The van der Waals surface area contributed by atoms with E-state index < -0.39 is 17.5 Å². The van der Waals surface area contributed by atoms with Crippen LogP contribution in [0.3, 0.4) is 0 Å².